The van der Waals surface area contributed by atoms with E-state index in [0.29, 0.717) is 17.9 Å². The van der Waals surface area contributed by atoms with Gasteiger partial charge in [-0.05, 0) is 60.5 Å². The van der Waals surface area contributed by atoms with Gasteiger partial charge in [0, 0.05) is 21.6 Å². The summed E-state index contributed by atoms with van der Waals surface area (Å²) in [6, 6.07) is 12.8. The SMILES string of the molecule is COc1ccc(CCNC(=O)C(=O)N/N=C\c2cc(Cl)ccc2OCC(=O)Nc2ccc(Br)cc2C(F)(F)F)cc1OC. The molecular formula is C28H25BrClF3N4O6. The van der Waals surface area contributed by atoms with Crippen molar-refractivity contribution >= 4 is 57.2 Å². The lowest BCUT2D eigenvalue weighted by Gasteiger charge is -2.15. The third kappa shape index (κ3) is 9.89. The maximum atomic E-state index is 13.3. The standard InChI is InChI=1S/C28H25BrClF3N4O6/c1-41-23-7-3-16(11-24(23)42-2)9-10-34-26(39)27(40)37-35-14-17-12-19(30)5-8-22(17)43-15-25(38)36-21-6-4-18(29)13-20(21)28(31,32)33/h3-8,11-14H,9-10,15H2,1-2H3,(H,34,39)(H,36,38)(H,37,40)/b35-14-. The molecule has 0 atom stereocenters. The zero-order chi connectivity index (χ0) is 31.6. The number of nitrogens with one attached hydrogen (secondary N) is 3. The Balaban J connectivity index is 1.54. The van der Waals surface area contributed by atoms with Gasteiger partial charge in [0.25, 0.3) is 5.91 Å². The van der Waals surface area contributed by atoms with Gasteiger partial charge in [-0.2, -0.15) is 18.3 Å². The number of carbonyl (C=O) groups excluding carboxylic acids is 3. The van der Waals surface area contributed by atoms with Crippen molar-refractivity contribution < 1.29 is 41.8 Å². The van der Waals surface area contributed by atoms with Crippen LogP contribution in [0.4, 0.5) is 18.9 Å². The molecule has 0 spiro atoms. The minimum atomic E-state index is -4.70. The summed E-state index contributed by atoms with van der Waals surface area (Å²) in [5, 5.41) is 8.65. The molecule has 3 aromatic carbocycles. The second-order valence-corrected chi connectivity index (χ2v) is 9.95. The van der Waals surface area contributed by atoms with Gasteiger partial charge in [-0.1, -0.05) is 33.6 Å². The molecule has 0 saturated carbocycles. The molecule has 3 rings (SSSR count). The summed E-state index contributed by atoms with van der Waals surface area (Å²) in [5.74, 6) is -1.65. The van der Waals surface area contributed by atoms with Gasteiger partial charge in [0.15, 0.2) is 18.1 Å². The average molecular weight is 686 g/mol. The fraction of sp³-hybridized carbons (Fsp3) is 0.214. The maximum absolute atomic E-state index is 13.3. The third-order valence-electron chi connectivity index (χ3n) is 5.61. The van der Waals surface area contributed by atoms with E-state index in [1.807, 2.05) is 0 Å². The van der Waals surface area contributed by atoms with Gasteiger partial charge < -0.3 is 24.8 Å². The van der Waals surface area contributed by atoms with Crippen LogP contribution >= 0.6 is 27.5 Å². The quantitative estimate of drug-likeness (QED) is 0.149. The van der Waals surface area contributed by atoms with Gasteiger partial charge in [0.1, 0.15) is 5.75 Å². The van der Waals surface area contributed by atoms with E-state index in [-0.39, 0.29) is 27.4 Å². The number of amides is 3. The lowest BCUT2D eigenvalue weighted by atomic mass is 10.1. The van der Waals surface area contributed by atoms with Crippen molar-refractivity contribution in [2.45, 2.75) is 12.6 Å². The average Bonchev–Trinajstić information content (AvgIpc) is 2.96. The van der Waals surface area contributed by atoms with Crippen LogP contribution in [0.1, 0.15) is 16.7 Å². The van der Waals surface area contributed by atoms with Crippen molar-refractivity contribution in [2.75, 3.05) is 32.7 Å². The van der Waals surface area contributed by atoms with E-state index in [1.54, 1.807) is 18.2 Å². The molecule has 43 heavy (non-hydrogen) atoms. The van der Waals surface area contributed by atoms with Crippen LogP contribution in [0.15, 0.2) is 64.2 Å². The molecule has 0 unspecified atom stereocenters. The van der Waals surface area contributed by atoms with Crippen LogP contribution in [-0.4, -0.2) is 51.3 Å². The fourth-order valence-corrected chi connectivity index (χ4v) is 4.13. The molecule has 3 amide bonds. The summed E-state index contributed by atoms with van der Waals surface area (Å²) in [5.41, 5.74) is 1.67. The van der Waals surface area contributed by atoms with Crippen LogP contribution in [-0.2, 0) is 27.0 Å². The van der Waals surface area contributed by atoms with Gasteiger partial charge in [0.2, 0.25) is 0 Å². The van der Waals surface area contributed by atoms with E-state index >= 15 is 0 Å². The normalized spacial score (nSPS) is 11.1. The number of rotatable bonds is 11. The summed E-state index contributed by atoms with van der Waals surface area (Å²) >= 11 is 9.00. The topological polar surface area (TPSA) is 127 Å². The van der Waals surface area contributed by atoms with E-state index in [0.717, 1.165) is 23.9 Å². The first-order valence-corrected chi connectivity index (χ1v) is 13.5. The minimum Gasteiger partial charge on any atom is -0.493 e. The van der Waals surface area contributed by atoms with E-state index in [2.05, 4.69) is 37.1 Å². The van der Waals surface area contributed by atoms with E-state index < -0.39 is 41.8 Å². The van der Waals surface area contributed by atoms with Crippen LogP contribution in [0.25, 0.3) is 0 Å². The lowest BCUT2D eigenvalue weighted by Crippen LogP contribution is -2.38. The second kappa shape index (κ2) is 15.3. The van der Waals surface area contributed by atoms with Gasteiger partial charge in [-0.25, -0.2) is 5.43 Å². The predicted molar refractivity (Wildman–Crippen MR) is 157 cm³/mol. The van der Waals surface area contributed by atoms with E-state index in [1.165, 1.54) is 38.5 Å². The Morgan fingerprint density at radius 1 is 0.953 bits per heavy atom. The molecule has 15 heteroatoms. The van der Waals surface area contributed by atoms with Crippen LogP contribution < -0.4 is 30.3 Å². The molecule has 0 radical (unpaired) electrons. The number of anilines is 1. The Kier molecular flexibility index (Phi) is 11.8. The molecule has 0 aliphatic rings. The number of nitrogens with zero attached hydrogens (tertiary/aromatic N) is 1. The largest absolute Gasteiger partial charge is 0.493 e. The Morgan fingerprint density at radius 2 is 1.67 bits per heavy atom. The number of hydrazone groups is 1. The Bertz CT molecular complexity index is 1520. The molecule has 10 nitrogen and oxygen atoms in total. The van der Waals surface area contributed by atoms with Crippen molar-refractivity contribution in [1.82, 2.24) is 10.7 Å². The first-order valence-electron chi connectivity index (χ1n) is 12.3. The van der Waals surface area contributed by atoms with E-state index in [4.69, 9.17) is 25.8 Å². The zero-order valence-electron chi connectivity index (χ0n) is 22.7. The van der Waals surface area contributed by atoms with Crippen LogP contribution in [0, 0.1) is 0 Å². The number of ether oxygens (including phenoxy) is 3. The Morgan fingerprint density at radius 3 is 2.37 bits per heavy atom. The predicted octanol–water partition coefficient (Wildman–Crippen LogP) is 4.97. The zero-order valence-corrected chi connectivity index (χ0v) is 25.0. The van der Waals surface area contributed by atoms with Gasteiger partial charge in [-0.15, -0.1) is 0 Å². The third-order valence-corrected chi connectivity index (χ3v) is 6.34. The summed E-state index contributed by atoms with van der Waals surface area (Å²) < 4.78 is 56.1. The van der Waals surface area contributed by atoms with Crippen molar-refractivity contribution in [1.29, 1.82) is 0 Å². The van der Waals surface area contributed by atoms with Crippen LogP contribution in [0.3, 0.4) is 0 Å². The number of alkyl halides is 3. The second-order valence-electron chi connectivity index (χ2n) is 8.60. The number of hydrogen-bond donors (Lipinski definition) is 3. The van der Waals surface area contributed by atoms with E-state index in [9.17, 15) is 27.6 Å². The first-order chi connectivity index (χ1) is 20.4. The van der Waals surface area contributed by atoms with Gasteiger partial charge >= 0.3 is 18.0 Å². The highest BCUT2D eigenvalue weighted by Crippen LogP contribution is 2.36. The summed E-state index contributed by atoms with van der Waals surface area (Å²) in [6.07, 6.45) is -3.15. The van der Waals surface area contributed by atoms with Crippen molar-refractivity contribution in [3.8, 4) is 17.2 Å². The Labute approximate surface area is 257 Å². The van der Waals surface area contributed by atoms with Crippen molar-refractivity contribution in [2.24, 2.45) is 5.10 Å². The highest BCUT2D eigenvalue weighted by molar-refractivity contribution is 9.10. The van der Waals surface area contributed by atoms with Crippen molar-refractivity contribution in [3.63, 3.8) is 0 Å². The molecule has 0 saturated heterocycles. The van der Waals surface area contributed by atoms with Gasteiger partial charge in [0.05, 0.1) is 31.7 Å². The minimum absolute atomic E-state index is 0.0868. The number of halogens is 5. The fourth-order valence-electron chi connectivity index (χ4n) is 3.59. The van der Waals surface area contributed by atoms with Crippen molar-refractivity contribution in [3.05, 3.63) is 80.8 Å². The summed E-state index contributed by atoms with van der Waals surface area (Å²) in [4.78, 5) is 36.7. The molecule has 0 aliphatic carbocycles. The molecule has 0 aliphatic heterocycles. The molecule has 0 bridgehead atoms. The Hall–Kier alpha value is -4.30. The number of carbonyl (C=O) groups is 3. The van der Waals surface area contributed by atoms with Crippen LogP contribution in [0.2, 0.25) is 5.02 Å². The molecule has 3 aromatic rings. The lowest BCUT2D eigenvalue weighted by molar-refractivity contribution is -0.139. The molecule has 228 valence electrons. The maximum Gasteiger partial charge on any atom is 0.418 e. The first kappa shape index (κ1) is 33.2. The van der Waals surface area contributed by atoms with Crippen LogP contribution in [0.5, 0.6) is 17.2 Å². The number of hydrogen-bond acceptors (Lipinski definition) is 7. The monoisotopic (exact) mass is 684 g/mol. The smallest absolute Gasteiger partial charge is 0.418 e. The molecule has 0 fully saturated rings. The number of methoxy groups -OCH3 is 2. The molecule has 0 heterocycles. The highest BCUT2D eigenvalue weighted by Gasteiger charge is 2.34. The van der Waals surface area contributed by atoms with Gasteiger partial charge in [-0.3, -0.25) is 14.4 Å². The molecule has 3 N–H and O–H groups in total. The highest BCUT2D eigenvalue weighted by atomic mass is 79.9. The molecular weight excluding hydrogens is 661 g/mol. The summed E-state index contributed by atoms with van der Waals surface area (Å²) in [6.45, 7) is -0.491. The summed E-state index contributed by atoms with van der Waals surface area (Å²) in [7, 11) is 3.02. The molecule has 0 aromatic heterocycles. The number of benzene rings is 3.